The van der Waals surface area contributed by atoms with Gasteiger partial charge in [-0.15, -0.1) is 0 Å². The summed E-state index contributed by atoms with van der Waals surface area (Å²) in [4.78, 5) is 25.3. The lowest BCUT2D eigenvalue weighted by molar-refractivity contribution is 0.0436. The average Bonchev–Trinajstić information content (AvgIpc) is 2.93. The van der Waals surface area contributed by atoms with Crippen LogP contribution in [0.3, 0.4) is 0 Å². The smallest absolute Gasteiger partial charge is 0.339 e. The molecule has 0 radical (unpaired) electrons. The second-order valence-electron chi connectivity index (χ2n) is 9.71. The third-order valence-corrected chi connectivity index (χ3v) is 6.60. The molecule has 0 bridgehead atoms. The van der Waals surface area contributed by atoms with E-state index in [1.807, 2.05) is 24.3 Å². The molecule has 0 fully saturated rings. The lowest BCUT2D eigenvalue weighted by Gasteiger charge is -2.10. The minimum Gasteiger partial charge on any atom is -0.497 e. The molecule has 0 heterocycles. The molecule has 0 aromatic heterocycles. The topological polar surface area (TPSA) is 61.8 Å². The molecule has 0 N–H and O–H groups in total. The van der Waals surface area contributed by atoms with Gasteiger partial charge >= 0.3 is 11.9 Å². The molecule has 0 spiro atoms. The first kappa shape index (κ1) is 30.4. The molecule has 204 valence electrons. The maximum absolute atomic E-state index is 12.6. The molecule has 0 unspecified atom stereocenters. The SMILES string of the molecule is CCCCCCCCCCCCCCCCOC(=O)c1ccccc1C(=O)OCc1cccc(OC)c1. The molecule has 2 aromatic rings. The van der Waals surface area contributed by atoms with E-state index < -0.39 is 11.9 Å². The van der Waals surface area contributed by atoms with Crippen molar-refractivity contribution in [1.82, 2.24) is 0 Å². The third-order valence-electron chi connectivity index (χ3n) is 6.60. The number of unbranched alkanes of at least 4 members (excludes halogenated alkanes) is 13. The molecule has 0 saturated carbocycles. The monoisotopic (exact) mass is 510 g/mol. The Kier molecular flexibility index (Phi) is 15.9. The zero-order valence-corrected chi connectivity index (χ0v) is 23.0. The van der Waals surface area contributed by atoms with Crippen LogP contribution < -0.4 is 4.74 Å². The summed E-state index contributed by atoms with van der Waals surface area (Å²) in [5.74, 6) is -0.337. The highest BCUT2D eigenvalue weighted by Crippen LogP contribution is 2.17. The fourth-order valence-corrected chi connectivity index (χ4v) is 4.37. The van der Waals surface area contributed by atoms with E-state index in [0.29, 0.717) is 12.4 Å². The summed E-state index contributed by atoms with van der Waals surface area (Å²) in [5.41, 5.74) is 1.27. The Morgan fingerprint density at radius 1 is 0.622 bits per heavy atom. The van der Waals surface area contributed by atoms with Crippen LogP contribution in [0.15, 0.2) is 48.5 Å². The maximum Gasteiger partial charge on any atom is 0.339 e. The molecule has 0 aliphatic carbocycles. The summed E-state index contributed by atoms with van der Waals surface area (Å²) in [6.07, 6.45) is 17.9. The van der Waals surface area contributed by atoms with Gasteiger partial charge in [0.25, 0.3) is 0 Å². The highest BCUT2D eigenvalue weighted by molar-refractivity contribution is 6.03. The first-order chi connectivity index (χ1) is 18.2. The lowest BCUT2D eigenvalue weighted by Crippen LogP contribution is -2.14. The van der Waals surface area contributed by atoms with E-state index in [-0.39, 0.29) is 17.7 Å². The summed E-state index contributed by atoms with van der Waals surface area (Å²) in [5, 5.41) is 0. The van der Waals surface area contributed by atoms with Crippen molar-refractivity contribution < 1.29 is 23.8 Å². The molecule has 0 atom stereocenters. The van der Waals surface area contributed by atoms with Crippen LogP contribution in [0.25, 0.3) is 0 Å². The third kappa shape index (κ3) is 12.8. The number of methoxy groups -OCH3 is 1. The molecule has 37 heavy (non-hydrogen) atoms. The van der Waals surface area contributed by atoms with Crippen molar-refractivity contribution in [2.24, 2.45) is 0 Å². The van der Waals surface area contributed by atoms with Gasteiger partial charge in [-0.2, -0.15) is 0 Å². The highest BCUT2D eigenvalue weighted by Gasteiger charge is 2.19. The van der Waals surface area contributed by atoms with E-state index in [1.165, 1.54) is 77.0 Å². The van der Waals surface area contributed by atoms with Gasteiger partial charge in [-0.05, 0) is 36.2 Å². The molecular formula is C32H46O5. The Hall–Kier alpha value is -2.82. The molecule has 2 aromatic carbocycles. The van der Waals surface area contributed by atoms with Gasteiger partial charge in [-0.25, -0.2) is 9.59 Å². The summed E-state index contributed by atoms with van der Waals surface area (Å²) in [7, 11) is 1.59. The van der Waals surface area contributed by atoms with Gasteiger partial charge < -0.3 is 14.2 Å². The van der Waals surface area contributed by atoms with Crippen molar-refractivity contribution in [3.8, 4) is 5.75 Å². The number of esters is 2. The lowest BCUT2D eigenvalue weighted by atomic mass is 10.0. The number of carbonyl (C=O) groups is 2. The van der Waals surface area contributed by atoms with Gasteiger partial charge in [0, 0.05) is 0 Å². The molecule has 5 nitrogen and oxygen atoms in total. The van der Waals surface area contributed by atoms with Crippen LogP contribution in [0.1, 0.15) is 123 Å². The molecule has 0 saturated heterocycles. The largest absolute Gasteiger partial charge is 0.497 e. The Morgan fingerprint density at radius 3 is 1.68 bits per heavy atom. The molecule has 0 aliphatic rings. The van der Waals surface area contributed by atoms with Crippen molar-refractivity contribution in [3.63, 3.8) is 0 Å². The summed E-state index contributed by atoms with van der Waals surface area (Å²) >= 11 is 0. The Labute approximate surface area is 223 Å². The van der Waals surface area contributed by atoms with Gasteiger partial charge in [-0.3, -0.25) is 0 Å². The van der Waals surface area contributed by atoms with E-state index in [4.69, 9.17) is 14.2 Å². The van der Waals surface area contributed by atoms with Crippen LogP contribution in [0.2, 0.25) is 0 Å². The number of ether oxygens (including phenoxy) is 3. The van der Waals surface area contributed by atoms with Crippen LogP contribution in [-0.2, 0) is 16.1 Å². The van der Waals surface area contributed by atoms with Crippen molar-refractivity contribution in [1.29, 1.82) is 0 Å². The quantitative estimate of drug-likeness (QED) is 0.132. The minimum absolute atomic E-state index is 0.0957. The van der Waals surface area contributed by atoms with Crippen LogP contribution >= 0.6 is 0 Å². The zero-order valence-electron chi connectivity index (χ0n) is 23.0. The van der Waals surface area contributed by atoms with Gasteiger partial charge in [0.05, 0.1) is 24.8 Å². The average molecular weight is 511 g/mol. The summed E-state index contributed by atoms with van der Waals surface area (Å²) in [6.45, 7) is 2.72. The van der Waals surface area contributed by atoms with Crippen LogP contribution in [0.4, 0.5) is 0 Å². The fourth-order valence-electron chi connectivity index (χ4n) is 4.37. The molecule has 0 aliphatic heterocycles. The normalized spacial score (nSPS) is 10.8. The predicted molar refractivity (Wildman–Crippen MR) is 149 cm³/mol. The number of carbonyl (C=O) groups excluding carboxylic acids is 2. The number of hydrogen-bond acceptors (Lipinski definition) is 5. The standard InChI is InChI=1S/C32H46O5/c1-3-4-5-6-7-8-9-10-11-12-13-14-15-18-24-36-31(33)29-22-16-17-23-30(29)32(34)37-26-27-20-19-21-28(25-27)35-2/h16-17,19-23,25H,3-15,18,24,26H2,1-2H3. The summed E-state index contributed by atoms with van der Waals surface area (Å²) < 4.78 is 16.1. The van der Waals surface area contributed by atoms with Crippen molar-refractivity contribution >= 4 is 11.9 Å². The molecule has 5 heteroatoms. The van der Waals surface area contributed by atoms with E-state index in [2.05, 4.69) is 6.92 Å². The van der Waals surface area contributed by atoms with E-state index in [9.17, 15) is 9.59 Å². The predicted octanol–water partition coefficient (Wildman–Crippen LogP) is 8.69. The fraction of sp³-hybridized carbons (Fsp3) is 0.562. The Bertz CT molecular complexity index is 908. The van der Waals surface area contributed by atoms with Crippen molar-refractivity contribution in [2.75, 3.05) is 13.7 Å². The molecule has 0 amide bonds. The maximum atomic E-state index is 12.6. The Morgan fingerprint density at radius 2 is 1.14 bits per heavy atom. The summed E-state index contributed by atoms with van der Waals surface area (Å²) in [6, 6.07) is 14.0. The second-order valence-corrected chi connectivity index (χ2v) is 9.71. The van der Waals surface area contributed by atoms with Crippen LogP contribution in [0.5, 0.6) is 5.75 Å². The molecular weight excluding hydrogens is 464 g/mol. The van der Waals surface area contributed by atoms with Gasteiger partial charge in [-0.1, -0.05) is 115 Å². The van der Waals surface area contributed by atoms with Gasteiger partial charge in [0.2, 0.25) is 0 Å². The zero-order chi connectivity index (χ0) is 26.6. The minimum atomic E-state index is -0.549. The first-order valence-electron chi connectivity index (χ1n) is 14.2. The number of rotatable bonds is 20. The van der Waals surface area contributed by atoms with Crippen molar-refractivity contribution in [2.45, 2.75) is 103 Å². The number of benzene rings is 2. The molecule has 2 rings (SSSR count). The van der Waals surface area contributed by atoms with Crippen molar-refractivity contribution in [3.05, 3.63) is 65.2 Å². The highest BCUT2D eigenvalue weighted by atomic mass is 16.5. The van der Waals surface area contributed by atoms with E-state index in [1.54, 1.807) is 31.4 Å². The van der Waals surface area contributed by atoms with E-state index >= 15 is 0 Å². The van der Waals surface area contributed by atoms with Crippen LogP contribution in [-0.4, -0.2) is 25.7 Å². The van der Waals surface area contributed by atoms with Gasteiger partial charge in [0.1, 0.15) is 12.4 Å². The van der Waals surface area contributed by atoms with Gasteiger partial charge in [0.15, 0.2) is 0 Å². The first-order valence-corrected chi connectivity index (χ1v) is 14.2. The van der Waals surface area contributed by atoms with Crippen LogP contribution in [0, 0.1) is 0 Å². The second kappa shape index (κ2) is 19.3. The number of hydrogen-bond donors (Lipinski definition) is 0. The Balaban J connectivity index is 1.58. The van der Waals surface area contributed by atoms with E-state index in [0.717, 1.165) is 18.4 Å².